The molecule has 0 bridgehead atoms. The Morgan fingerprint density at radius 2 is 1.77 bits per heavy atom. The Morgan fingerprint density at radius 3 is 2.55 bits per heavy atom. The minimum Gasteiger partial charge on any atom is -0.370 e. The Morgan fingerprint density at radius 1 is 1.05 bits per heavy atom. The third-order valence-electron chi connectivity index (χ3n) is 5.13. The van der Waals surface area contributed by atoms with Crippen molar-refractivity contribution in [3.8, 4) is 0 Å². The van der Waals surface area contributed by atoms with Crippen molar-refractivity contribution < 1.29 is 4.79 Å². The molecule has 0 radical (unpaired) electrons. The fraction of sp³-hybridized carbons (Fsp3) is 0.632. The molecule has 1 N–H and O–H groups in total. The normalized spacial score (nSPS) is 19.4. The van der Waals surface area contributed by atoms with Crippen molar-refractivity contribution in [3.05, 3.63) is 24.3 Å². The van der Waals surface area contributed by atoms with Gasteiger partial charge in [0, 0.05) is 19.5 Å². The van der Waals surface area contributed by atoms with Crippen LogP contribution in [0, 0.1) is 5.92 Å². The zero-order valence-corrected chi connectivity index (χ0v) is 13.5. The zero-order chi connectivity index (χ0) is 15.2. The highest BCUT2D eigenvalue weighted by Crippen LogP contribution is 2.30. The van der Waals surface area contributed by atoms with Gasteiger partial charge in [0.1, 0.15) is 0 Å². The number of anilines is 2. The topological polar surface area (TPSA) is 32.3 Å². The molecule has 2 aliphatic rings. The number of hydrogen-bond acceptors (Lipinski definition) is 2. The molecule has 22 heavy (non-hydrogen) atoms. The van der Waals surface area contributed by atoms with Crippen LogP contribution in [0.1, 0.15) is 57.8 Å². The molecule has 0 aromatic heterocycles. The highest BCUT2D eigenvalue weighted by Gasteiger charge is 2.18. The third kappa shape index (κ3) is 4.02. The lowest BCUT2D eigenvalue weighted by molar-refractivity contribution is -0.116. The molecule has 1 aromatic carbocycles. The molecule has 1 aliphatic heterocycles. The second-order valence-electron chi connectivity index (χ2n) is 6.80. The fourth-order valence-electron chi connectivity index (χ4n) is 3.84. The summed E-state index contributed by atoms with van der Waals surface area (Å²) < 4.78 is 0. The fourth-order valence-corrected chi connectivity index (χ4v) is 3.84. The lowest BCUT2D eigenvalue weighted by Gasteiger charge is -2.30. The number of carbonyl (C=O) groups excluding carboxylic acids is 1. The smallest absolute Gasteiger partial charge is 0.224 e. The van der Waals surface area contributed by atoms with Crippen LogP contribution >= 0.6 is 0 Å². The van der Waals surface area contributed by atoms with Crippen molar-refractivity contribution in [1.82, 2.24) is 0 Å². The molecule has 3 nitrogen and oxygen atoms in total. The highest BCUT2D eigenvalue weighted by atomic mass is 16.1. The molecule has 0 unspecified atom stereocenters. The second kappa shape index (κ2) is 7.66. The van der Waals surface area contributed by atoms with Gasteiger partial charge in [-0.1, -0.05) is 37.8 Å². The summed E-state index contributed by atoms with van der Waals surface area (Å²) in [5.41, 5.74) is 2.18. The van der Waals surface area contributed by atoms with Gasteiger partial charge in [-0.05, 0) is 43.7 Å². The first kappa shape index (κ1) is 15.4. The van der Waals surface area contributed by atoms with Crippen LogP contribution < -0.4 is 10.2 Å². The first-order valence-electron chi connectivity index (χ1n) is 8.97. The maximum atomic E-state index is 12.3. The number of piperidine rings is 1. The van der Waals surface area contributed by atoms with E-state index >= 15 is 0 Å². The molecule has 0 spiro atoms. The molecular formula is C19H28N2O. The summed E-state index contributed by atoms with van der Waals surface area (Å²) in [6.07, 6.45) is 10.9. The largest absolute Gasteiger partial charge is 0.370 e. The molecule has 2 fully saturated rings. The van der Waals surface area contributed by atoms with Crippen LogP contribution in [-0.2, 0) is 4.79 Å². The van der Waals surface area contributed by atoms with Gasteiger partial charge in [-0.2, -0.15) is 0 Å². The summed E-state index contributed by atoms with van der Waals surface area (Å²) in [7, 11) is 0. The molecule has 3 heteroatoms. The van der Waals surface area contributed by atoms with E-state index in [9.17, 15) is 4.79 Å². The van der Waals surface area contributed by atoms with Gasteiger partial charge in [-0.3, -0.25) is 4.79 Å². The van der Waals surface area contributed by atoms with E-state index < -0.39 is 0 Å². The number of rotatable bonds is 5. The van der Waals surface area contributed by atoms with Crippen LogP contribution in [0.2, 0.25) is 0 Å². The van der Waals surface area contributed by atoms with E-state index in [1.54, 1.807) is 0 Å². The van der Waals surface area contributed by atoms with Gasteiger partial charge in [0.15, 0.2) is 0 Å². The molecule has 1 amide bonds. The van der Waals surface area contributed by atoms with Gasteiger partial charge < -0.3 is 10.2 Å². The van der Waals surface area contributed by atoms with Crippen molar-refractivity contribution >= 4 is 17.3 Å². The first-order chi connectivity index (χ1) is 10.8. The van der Waals surface area contributed by atoms with Crippen LogP contribution in [0.5, 0.6) is 0 Å². The molecule has 3 rings (SSSR count). The van der Waals surface area contributed by atoms with Gasteiger partial charge in [0.2, 0.25) is 5.91 Å². The molecule has 1 saturated carbocycles. The molecule has 1 heterocycles. The van der Waals surface area contributed by atoms with E-state index in [-0.39, 0.29) is 5.91 Å². The maximum absolute atomic E-state index is 12.3. The zero-order valence-electron chi connectivity index (χ0n) is 13.5. The SMILES string of the molecule is O=C(CCC1CCCC1)Nc1ccccc1N1CCCCC1. The second-order valence-corrected chi connectivity index (χ2v) is 6.80. The molecule has 1 saturated heterocycles. The van der Waals surface area contributed by atoms with Crippen molar-refractivity contribution in [2.75, 3.05) is 23.3 Å². The molecule has 120 valence electrons. The van der Waals surface area contributed by atoms with Gasteiger partial charge in [-0.15, -0.1) is 0 Å². The molecular weight excluding hydrogens is 272 g/mol. The summed E-state index contributed by atoms with van der Waals surface area (Å²) in [5, 5.41) is 3.15. The Kier molecular flexibility index (Phi) is 5.36. The lowest BCUT2D eigenvalue weighted by atomic mass is 10.0. The van der Waals surface area contributed by atoms with E-state index in [1.807, 2.05) is 12.1 Å². The third-order valence-corrected chi connectivity index (χ3v) is 5.13. The van der Waals surface area contributed by atoms with Crippen LogP contribution in [0.3, 0.4) is 0 Å². The van der Waals surface area contributed by atoms with Crippen molar-refractivity contribution in [2.24, 2.45) is 5.92 Å². The number of amides is 1. The van der Waals surface area contributed by atoms with Gasteiger partial charge in [0.25, 0.3) is 0 Å². The van der Waals surface area contributed by atoms with E-state index in [4.69, 9.17) is 0 Å². The number of hydrogen-bond donors (Lipinski definition) is 1. The van der Waals surface area contributed by atoms with Gasteiger partial charge in [-0.25, -0.2) is 0 Å². The number of para-hydroxylation sites is 2. The van der Waals surface area contributed by atoms with Crippen molar-refractivity contribution in [3.63, 3.8) is 0 Å². The van der Waals surface area contributed by atoms with Crippen molar-refractivity contribution in [2.45, 2.75) is 57.8 Å². The van der Waals surface area contributed by atoms with Crippen molar-refractivity contribution in [1.29, 1.82) is 0 Å². The summed E-state index contributed by atoms with van der Waals surface area (Å²) >= 11 is 0. The number of carbonyl (C=O) groups is 1. The van der Waals surface area contributed by atoms with Crippen LogP contribution in [-0.4, -0.2) is 19.0 Å². The highest BCUT2D eigenvalue weighted by molar-refractivity contribution is 5.94. The Bertz CT molecular complexity index is 488. The minimum absolute atomic E-state index is 0.177. The van der Waals surface area contributed by atoms with E-state index in [1.165, 1.54) is 50.6 Å². The quantitative estimate of drug-likeness (QED) is 0.863. The summed E-state index contributed by atoms with van der Waals surface area (Å²) in [6.45, 7) is 2.21. The average molecular weight is 300 g/mol. The number of nitrogens with zero attached hydrogens (tertiary/aromatic N) is 1. The van der Waals surface area contributed by atoms with Crippen LogP contribution in [0.15, 0.2) is 24.3 Å². The molecule has 0 atom stereocenters. The van der Waals surface area contributed by atoms with Gasteiger partial charge in [0.05, 0.1) is 11.4 Å². The summed E-state index contributed by atoms with van der Waals surface area (Å²) in [5.74, 6) is 0.958. The Hall–Kier alpha value is -1.51. The van der Waals surface area contributed by atoms with E-state index in [0.717, 1.165) is 31.1 Å². The van der Waals surface area contributed by atoms with Gasteiger partial charge >= 0.3 is 0 Å². The van der Waals surface area contributed by atoms with E-state index in [0.29, 0.717) is 6.42 Å². The standard InChI is InChI=1S/C19H28N2O/c22-19(13-12-16-8-2-3-9-16)20-17-10-4-5-11-18(17)21-14-6-1-7-15-21/h4-5,10-11,16H,1-3,6-9,12-15H2,(H,20,22). The van der Waals surface area contributed by atoms with Crippen LogP contribution in [0.25, 0.3) is 0 Å². The number of benzene rings is 1. The average Bonchev–Trinajstić information content (AvgIpc) is 3.08. The number of nitrogens with one attached hydrogen (secondary N) is 1. The predicted octanol–water partition coefficient (Wildman–Crippen LogP) is 4.59. The summed E-state index contributed by atoms with van der Waals surface area (Å²) in [4.78, 5) is 14.7. The van der Waals surface area contributed by atoms with Crippen LogP contribution in [0.4, 0.5) is 11.4 Å². The molecule has 1 aromatic rings. The summed E-state index contributed by atoms with van der Waals surface area (Å²) in [6, 6.07) is 8.26. The Labute approximate surface area is 134 Å². The van der Waals surface area contributed by atoms with E-state index in [2.05, 4.69) is 22.3 Å². The monoisotopic (exact) mass is 300 g/mol. The predicted molar refractivity (Wildman–Crippen MR) is 92.3 cm³/mol. The Balaban J connectivity index is 1.57. The first-order valence-corrected chi connectivity index (χ1v) is 8.97. The lowest BCUT2D eigenvalue weighted by Crippen LogP contribution is -2.30. The molecule has 1 aliphatic carbocycles. The minimum atomic E-state index is 0.177. The maximum Gasteiger partial charge on any atom is 0.224 e.